The van der Waals surface area contributed by atoms with Gasteiger partial charge in [-0.25, -0.2) is 9.59 Å². The maximum atomic E-state index is 14.4. The molecule has 3 unspecified atom stereocenters. The zero-order valence-electron chi connectivity index (χ0n) is 28.3. The lowest BCUT2D eigenvalue weighted by Crippen LogP contribution is -2.55. The third-order valence-electron chi connectivity index (χ3n) is 6.64. The summed E-state index contributed by atoms with van der Waals surface area (Å²) in [6, 6.07) is 12.6. The van der Waals surface area contributed by atoms with Gasteiger partial charge in [-0.05, 0) is 66.0 Å². The first-order valence-electron chi connectivity index (χ1n) is 15.6. The molecular weight excluding hydrogens is 588 g/mol. The number of rotatable bonds is 14. The number of hydrogen-bond donors (Lipinski definition) is 3. The second-order valence-corrected chi connectivity index (χ2v) is 13.4. The van der Waals surface area contributed by atoms with Gasteiger partial charge in [0.2, 0.25) is 17.7 Å². The maximum Gasteiger partial charge on any atom is 0.408 e. The van der Waals surface area contributed by atoms with Gasteiger partial charge >= 0.3 is 12.1 Å². The predicted octanol–water partition coefficient (Wildman–Crippen LogP) is 4.50. The Labute approximate surface area is 272 Å². The Bertz CT molecular complexity index is 1350. The number of hydrogen-bond acceptors (Lipinski definition) is 7. The van der Waals surface area contributed by atoms with Gasteiger partial charge in [0.05, 0.1) is 6.42 Å². The summed E-state index contributed by atoms with van der Waals surface area (Å²) in [6.07, 6.45) is -0.0870. The molecule has 0 fully saturated rings. The number of amides is 4. The molecule has 0 saturated heterocycles. The predicted molar refractivity (Wildman–Crippen MR) is 175 cm³/mol. The van der Waals surface area contributed by atoms with Gasteiger partial charge in [-0.15, -0.1) is 0 Å². The number of unbranched alkanes of at least 4 members (excludes halogenated alkanes) is 1. The van der Waals surface area contributed by atoms with Gasteiger partial charge in [0, 0.05) is 13.0 Å². The molecule has 11 heteroatoms. The Morgan fingerprint density at radius 3 is 2.02 bits per heavy atom. The molecule has 0 bridgehead atoms. The van der Waals surface area contributed by atoms with E-state index in [4.69, 9.17) is 15.2 Å². The fourth-order valence-electron chi connectivity index (χ4n) is 4.73. The highest BCUT2D eigenvalue weighted by atomic mass is 16.6. The van der Waals surface area contributed by atoms with Crippen LogP contribution in [0.4, 0.5) is 4.79 Å². The fourth-order valence-corrected chi connectivity index (χ4v) is 4.73. The van der Waals surface area contributed by atoms with Gasteiger partial charge in [0.1, 0.15) is 29.3 Å². The number of esters is 1. The molecule has 0 aliphatic carbocycles. The van der Waals surface area contributed by atoms with Crippen molar-refractivity contribution in [3.8, 4) is 0 Å². The first kappa shape index (κ1) is 37.8. The molecule has 2 aromatic carbocycles. The lowest BCUT2D eigenvalue weighted by atomic mass is 9.98. The van der Waals surface area contributed by atoms with Gasteiger partial charge in [0.25, 0.3) is 0 Å². The first-order chi connectivity index (χ1) is 21.4. The second-order valence-electron chi connectivity index (χ2n) is 13.4. The number of carbonyl (C=O) groups is 5. The Hall–Kier alpha value is -4.41. The minimum Gasteiger partial charge on any atom is -0.458 e. The molecule has 0 heterocycles. The average Bonchev–Trinajstić information content (AvgIpc) is 2.92. The summed E-state index contributed by atoms with van der Waals surface area (Å²) in [5.41, 5.74) is 5.93. The van der Waals surface area contributed by atoms with E-state index in [1.165, 1.54) is 4.90 Å². The number of nitrogens with one attached hydrogen (secondary N) is 2. The highest BCUT2D eigenvalue weighted by Crippen LogP contribution is 2.26. The topological polar surface area (TPSA) is 157 Å². The summed E-state index contributed by atoms with van der Waals surface area (Å²) < 4.78 is 11.0. The molecule has 3 atom stereocenters. The largest absolute Gasteiger partial charge is 0.458 e. The van der Waals surface area contributed by atoms with E-state index in [0.29, 0.717) is 18.4 Å². The second kappa shape index (κ2) is 16.8. The van der Waals surface area contributed by atoms with Crippen molar-refractivity contribution in [1.29, 1.82) is 0 Å². The lowest BCUT2D eigenvalue weighted by Gasteiger charge is -2.35. The number of nitrogens with two attached hydrogens (primary N) is 1. The van der Waals surface area contributed by atoms with E-state index in [1.807, 2.05) is 50.2 Å². The van der Waals surface area contributed by atoms with Crippen molar-refractivity contribution in [3.63, 3.8) is 0 Å². The molecule has 0 spiro atoms. The number of aryl methyl sites for hydroxylation is 1. The van der Waals surface area contributed by atoms with Crippen LogP contribution in [0.25, 0.3) is 0 Å². The van der Waals surface area contributed by atoms with Gasteiger partial charge in [-0.1, -0.05) is 73.5 Å². The van der Waals surface area contributed by atoms with E-state index in [-0.39, 0.29) is 13.0 Å². The summed E-state index contributed by atoms with van der Waals surface area (Å²) in [5, 5.41) is 5.33. The fraction of sp³-hybridized carbons (Fsp3) is 0.514. The molecule has 252 valence electrons. The van der Waals surface area contributed by atoms with E-state index in [0.717, 1.165) is 11.1 Å². The third kappa shape index (κ3) is 12.9. The van der Waals surface area contributed by atoms with Crippen LogP contribution < -0.4 is 16.4 Å². The highest BCUT2D eigenvalue weighted by molar-refractivity contribution is 5.95. The van der Waals surface area contributed by atoms with E-state index in [9.17, 15) is 24.0 Å². The highest BCUT2D eigenvalue weighted by Gasteiger charge is 2.38. The molecule has 4 amide bonds. The van der Waals surface area contributed by atoms with Crippen molar-refractivity contribution in [1.82, 2.24) is 15.5 Å². The minimum atomic E-state index is -1.41. The van der Waals surface area contributed by atoms with Crippen molar-refractivity contribution in [2.24, 2.45) is 5.73 Å². The van der Waals surface area contributed by atoms with Gasteiger partial charge < -0.3 is 30.7 Å². The van der Waals surface area contributed by atoms with E-state index in [2.05, 4.69) is 10.6 Å². The van der Waals surface area contributed by atoms with Crippen LogP contribution in [0.5, 0.6) is 0 Å². The number of benzene rings is 2. The standard InChI is InChI=1S/C35H50N4O7/c1-9-10-19-39(31(42)26(22-28(36)40)38-33(44)46-35(6,7)8)29(25-18-14-15-23(2)20-25)30(41)37-27(32(43)45-34(3,4)5)21-24-16-12-11-13-17-24/h11-18,20,26-27,29H,9-10,19,21-22H2,1-8H3,(H2,36,40)(H,37,41)(H,38,44). The molecule has 0 aliphatic rings. The molecule has 0 aliphatic heterocycles. The minimum absolute atomic E-state index is 0.114. The van der Waals surface area contributed by atoms with Crippen molar-refractivity contribution >= 4 is 29.8 Å². The quantitative estimate of drug-likeness (QED) is 0.257. The van der Waals surface area contributed by atoms with E-state index >= 15 is 0 Å². The molecule has 2 aromatic rings. The Morgan fingerprint density at radius 1 is 0.848 bits per heavy atom. The van der Waals surface area contributed by atoms with Crippen LogP contribution in [0.1, 0.15) is 90.5 Å². The van der Waals surface area contributed by atoms with Crippen LogP contribution >= 0.6 is 0 Å². The number of carbonyl (C=O) groups excluding carboxylic acids is 5. The lowest BCUT2D eigenvalue weighted by molar-refractivity contribution is -0.159. The average molecular weight is 639 g/mol. The number of ether oxygens (including phenoxy) is 2. The summed E-state index contributed by atoms with van der Waals surface area (Å²) in [6.45, 7) is 14.1. The van der Waals surface area contributed by atoms with Crippen LogP contribution in [0.2, 0.25) is 0 Å². The van der Waals surface area contributed by atoms with Crippen LogP contribution in [0.3, 0.4) is 0 Å². The zero-order chi connectivity index (χ0) is 34.7. The third-order valence-corrected chi connectivity index (χ3v) is 6.64. The molecule has 0 saturated carbocycles. The number of alkyl carbamates (subject to hydrolysis) is 1. The Morgan fingerprint density at radius 2 is 1.48 bits per heavy atom. The number of nitrogens with zero attached hydrogens (tertiary/aromatic N) is 1. The Kier molecular flexibility index (Phi) is 13.8. The van der Waals surface area contributed by atoms with Crippen molar-refractivity contribution in [2.45, 2.75) is 110 Å². The van der Waals surface area contributed by atoms with Crippen LogP contribution in [0, 0.1) is 6.92 Å². The normalized spacial score (nSPS) is 13.5. The van der Waals surface area contributed by atoms with Crippen molar-refractivity contribution in [3.05, 3.63) is 71.3 Å². The molecule has 4 N–H and O–H groups in total. The van der Waals surface area contributed by atoms with Crippen molar-refractivity contribution in [2.75, 3.05) is 6.54 Å². The summed E-state index contributed by atoms with van der Waals surface area (Å²) in [7, 11) is 0. The molecule has 11 nitrogen and oxygen atoms in total. The summed E-state index contributed by atoms with van der Waals surface area (Å²) >= 11 is 0. The monoisotopic (exact) mass is 638 g/mol. The SMILES string of the molecule is CCCCN(C(=O)C(CC(N)=O)NC(=O)OC(C)(C)C)C(C(=O)NC(Cc1ccccc1)C(=O)OC(C)(C)C)c1cccc(C)c1. The van der Waals surface area contributed by atoms with Gasteiger partial charge in [-0.2, -0.15) is 0 Å². The maximum absolute atomic E-state index is 14.4. The van der Waals surface area contributed by atoms with E-state index < -0.39 is 65.5 Å². The van der Waals surface area contributed by atoms with Gasteiger partial charge in [-0.3, -0.25) is 14.4 Å². The zero-order valence-corrected chi connectivity index (χ0v) is 28.3. The molecule has 0 radical (unpaired) electrons. The van der Waals surface area contributed by atoms with Crippen LogP contribution in [-0.4, -0.2) is 64.5 Å². The smallest absolute Gasteiger partial charge is 0.408 e. The van der Waals surface area contributed by atoms with Gasteiger partial charge in [0.15, 0.2) is 0 Å². The number of primary amides is 1. The first-order valence-corrected chi connectivity index (χ1v) is 15.6. The Balaban J connectivity index is 2.61. The van der Waals surface area contributed by atoms with Crippen LogP contribution in [-0.2, 0) is 35.1 Å². The van der Waals surface area contributed by atoms with E-state index in [1.54, 1.807) is 59.7 Å². The summed E-state index contributed by atoms with van der Waals surface area (Å²) in [4.78, 5) is 68.2. The molecule has 46 heavy (non-hydrogen) atoms. The molecule has 0 aromatic heterocycles. The van der Waals surface area contributed by atoms with Crippen molar-refractivity contribution < 1.29 is 33.4 Å². The molecular formula is C35H50N4O7. The molecule has 2 rings (SSSR count). The van der Waals surface area contributed by atoms with Crippen LogP contribution in [0.15, 0.2) is 54.6 Å². The summed E-state index contributed by atoms with van der Waals surface area (Å²) in [5.74, 6) is -2.78.